The fraction of sp³-hybridized carbons (Fsp3) is 0.357. The monoisotopic (exact) mass is 230 g/mol. The van der Waals surface area contributed by atoms with E-state index in [1.165, 1.54) is 5.56 Å². The molecule has 0 saturated carbocycles. The van der Waals surface area contributed by atoms with Crippen molar-refractivity contribution in [2.24, 2.45) is 5.92 Å². The Kier molecular flexibility index (Phi) is 3.18. The maximum Gasteiger partial charge on any atom is 0.230 e. The molecule has 0 aliphatic carbocycles. The topological polar surface area (TPSA) is 38.1 Å². The first-order valence-electron chi connectivity index (χ1n) is 5.90. The van der Waals surface area contributed by atoms with Crippen molar-refractivity contribution in [2.75, 3.05) is 0 Å². The third-order valence-electron chi connectivity index (χ3n) is 2.73. The first-order valence-corrected chi connectivity index (χ1v) is 5.90. The Morgan fingerprint density at radius 2 is 2.00 bits per heavy atom. The molecule has 1 N–H and O–H groups in total. The molecule has 3 heteroatoms. The van der Waals surface area contributed by atoms with Gasteiger partial charge >= 0.3 is 0 Å². The summed E-state index contributed by atoms with van der Waals surface area (Å²) >= 11 is 0. The SMILES string of the molecule is Cc1ccccc1-c1cc(O)nn1CC(C)C. The molecular formula is C14H18N2O. The van der Waals surface area contributed by atoms with Crippen LogP contribution in [0.15, 0.2) is 30.3 Å². The molecule has 0 aliphatic heterocycles. The molecule has 0 aliphatic rings. The van der Waals surface area contributed by atoms with Crippen LogP contribution in [0.3, 0.4) is 0 Å². The molecule has 1 aromatic carbocycles. The molecule has 0 unspecified atom stereocenters. The third kappa shape index (κ3) is 2.49. The molecule has 0 radical (unpaired) electrons. The summed E-state index contributed by atoms with van der Waals surface area (Å²) in [6, 6.07) is 9.88. The van der Waals surface area contributed by atoms with Crippen LogP contribution in [-0.4, -0.2) is 14.9 Å². The van der Waals surface area contributed by atoms with E-state index in [9.17, 15) is 5.11 Å². The number of benzene rings is 1. The Balaban J connectivity index is 2.48. The van der Waals surface area contributed by atoms with Crippen LogP contribution in [0.5, 0.6) is 5.88 Å². The molecule has 0 spiro atoms. The van der Waals surface area contributed by atoms with Crippen LogP contribution in [-0.2, 0) is 6.54 Å². The molecule has 2 aromatic rings. The molecule has 90 valence electrons. The van der Waals surface area contributed by atoms with Gasteiger partial charge in [0.05, 0.1) is 5.69 Å². The molecule has 3 nitrogen and oxygen atoms in total. The van der Waals surface area contributed by atoms with Crippen molar-refractivity contribution < 1.29 is 5.11 Å². The van der Waals surface area contributed by atoms with E-state index < -0.39 is 0 Å². The minimum atomic E-state index is 0.0869. The van der Waals surface area contributed by atoms with E-state index in [1.54, 1.807) is 6.07 Å². The minimum absolute atomic E-state index is 0.0869. The van der Waals surface area contributed by atoms with E-state index in [0.29, 0.717) is 5.92 Å². The summed E-state index contributed by atoms with van der Waals surface area (Å²) in [4.78, 5) is 0. The van der Waals surface area contributed by atoms with Gasteiger partial charge in [-0.2, -0.15) is 0 Å². The van der Waals surface area contributed by atoms with Gasteiger partial charge in [0.15, 0.2) is 0 Å². The maximum absolute atomic E-state index is 9.57. The van der Waals surface area contributed by atoms with E-state index in [2.05, 4.69) is 38.0 Å². The summed E-state index contributed by atoms with van der Waals surface area (Å²) in [5, 5.41) is 13.7. The van der Waals surface area contributed by atoms with Gasteiger partial charge in [0.1, 0.15) is 0 Å². The Morgan fingerprint density at radius 3 is 2.65 bits per heavy atom. The molecule has 17 heavy (non-hydrogen) atoms. The summed E-state index contributed by atoms with van der Waals surface area (Å²) in [5.74, 6) is 0.584. The van der Waals surface area contributed by atoms with Gasteiger partial charge in [0.2, 0.25) is 5.88 Å². The van der Waals surface area contributed by atoms with Crippen LogP contribution >= 0.6 is 0 Å². The molecular weight excluding hydrogens is 212 g/mol. The maximum atomic E-state index is 9.57. The first kappa shape index (κ1) is 11.7. The van der Waals surface area contributed by atoms with Crippen molar-refractivity contribution in [3.63, 3.8) is 0 Å². The smallest absolute Gasteiger partial charge is 0.230 e. The molecule has 0 atom stereocenters. The number of hydrogen-bond acceptors (Lipinski definition) is 2. The highest BCUT2D eigenvalue weighted by atomic mass is 16.3. The van der Waals surface area contributed by atoms with Crippen molar-refractivity contribution in [3.8, 4) is 17.1 Å². The molecule has 2 rings (SSSR count). The number of aromatic hydroxyl groups is 1. The molecule has 0 fully saturated rings. The zero-order valence-electron chi connectivity index (χ0n) is 10.5. The van der Waals surface area contributed by atoms with Crippen LogP contribution in [0, 0.1) is 12.8 Å². The standard InChI is InChI=1S/C14H18N2O/c1-10(2)9-16-13(8-14(17)15-16)12-7-5-4-6-11(12)3/h4-8,10H,9H2,1-3H3,(H,15,17). The zero-order chi connectivity index (χ0) is 12.4. The average Bonchev–Trinajstić information content (AvgIpc) is 2.59. The van der Waals surface area contributed by atoms with E-state index in [4.69, 9.17) is 0 Å². The molecule has 1 aromatic heterocycles. The Labute approximate surface area is 102 Å². The van der Waals surface area contributed by atoms with Crippen molar-refractivity contribution >= 4 is 0 Å². The predicted octanol–water partition coefficient (Wildman–Crippen LogP) is 3.22. The highest BCUT2D eigenvalue weighted by molar-refractivity contribution is 5.64. The predicted molar refractivity (Wildman–Crippen MR) is 68.9 cm³/mol. The fourth-order valence-electron chi connectivity index (χ4n) is 1.97. The summed E-state index contributed by atoms with van der Waals surface area (Å²) in [6.45, 7) is 7.16. The minimum Gasteiger partial charge on any atom is -0.492 e. The second-order valence-electron chi connectivity index (χ2n) is 4.78. The van der Waals surface area contributed by atoms with E-state index in [0.717, 1.165) is 17.8 Å². The fourth-order valence-corrected chi connectivity index (χ4v) is 1.97. The second kappa shape index (κ2) is 4.62. The van der Waals surface area contributed by atoms with Gasteiger partial charge in [-0.3, -0.25) is 4.68 Å². The lowest BCUT2D eigenvalue weighted by Gasteiger charge is -2.11. The van der Waals surface area contributed by atoms with E-state index in [1.807, 2.05) is 16.8 Å². The van der Waals surface area contributed by atoms with Crippen molar-refractivity contribution in [1.29, 1.82) is 0 Å². The number of hydrogen-bond donors (Lipinski definition) is 1. The van der Waals surface area contributed by atoms with Gasteiger partial charge in [-0.15, -0.1) is 5.10 Å². The first-order chi connectivity index (χ1) is 8.08. The van der Waals surface area contributed by atoms with Gasteiger partial charge in [-0.1, -0.05) is 38.1 Å². The third-order valence-corrected chi connectivity index (χ3v) is 2.73. The van der Waals surface area contributed by atoms with Gasteiger partial charge in [-0.05, 0) is 18.4 Å². The Morgan fingerprint density at radius 1 is 1.29 bits per heavy atom. The summed E-state index contributed by atoms with van der Waals surface area (Å²) in [7, 11) is 0. The van der Waals surface area contributed by atoms with E-state index >= 15 is 0 Å². The lowest BCUT2D eigenvalue weighted by atomic mass is 10.1. The van der Waals surface area contributed by atoms with Crippen LogP contribution in [0.2, 0.25) is 0 Å². The summed E-state index contributed by atoms with van der Waals surface area (Å²) in [5.41, 5.74) is 3.30. The molecule has 0 amide bonds. The average molecular weight is 230 g/mol. The lowest BCUT2D eigenvalue weighted by Crippen LogP contribution is -2.07. The van der Waals surface area contributed by atoms with Crippen LogP contribution in [0.1, 0.15) is 19.4 Å². The summed E-state index contributed by atoms with van der Waals surface area (Å²) < 4.78 is 1.88. The van der Waals surface area contributed by atoms with E-state index in [-0.39, 0.29) is 5.88 Å². The van der Waals surface area contributed by atoms with Crippen molar-refractivity contribution in [3.05, 3.63) is 35.9 Å². The van der Waals surface area contributed by atoms with Crippen molar-refractivity contribution in [2.45, 2.75) is 27.3 Å². The normalized spacial score (nSPS) is 11.1. The van der Waals surface area contributed by atoms with Gasteiger partial charge in [-0.25, -0.2) is 0 Å². The Bertz CT molecular complexity index is 515. The van der Waals surface area contributed by atoms with Gasteiger partial charge in [0.25, 0.3) is 0 Å². The Hall–Kier alpha value is -1.77. The highest BCUT2D eigenvalue weighted by Crippen LogP contribution is 2.26. The number of aromatic nitrogens is 2. The second-order valence-corrected chi connectivity index (χ2v) is 4.78. The molecule has 1 heterocycles. The summed E-state index contributed by atoms with van der Waals surface area (Å²) in [6.07, 6.45) is 0. The number of nitrogens with zero attached hydrogens (tertiary/aromatic N) is 2. The molecule has 0 bridgehead atoms. The number of rotatable bonds is 3. The largest absolute Gasteiger partial charge is 0.492 e. The number of aryl methyl sites for hydroxylation is 1. The lowest BCUT2D eigenvalue weighted by molar-refractivity contribution is 0.421. The van der Waals surface area contributed by atoms with Crippen LogP contribution < -0.4 is 0 Å². The molecule has 0 saturated heterocycles. The van der Waals surface area contributed by atoms with Crippen molar-refractivity contribution in [1.82, 2.24) is 9.78 Å². The highest BCUT2D eigenvalue weighted by Gasteiger charge is 2.11. The zero-order valence-corrected chi connectivity index (χ0v) is 10.5. The quantitative estimate of drug-likeness (QED) is 0.879. The van der Waals surface area contributed by atoms with Gasteiger partial charge < -0.3 is 5.11 Å². The van der Waals surface area contributed by atoms with Gasteiger partial charge in [0, 0.05) is 18.2 Å². The van der Waals surface area contributed by atoms with Crippen LogP contribution in [0.4, 0.5) is 0 Å². The van der Waals surface area contributed by atoms with Crippen LogP contribution in [0.25, 0.3) is 11.3 Å².